The monoisotopic (exact) mass is 753 g/mol. The lowest BCUT2D eigenvalue weighted by Crippen LogP contribution is -2.66. The fraction of sp³-hybridized carbons (Fsp3) is 0.588. The summed E-state index contributed by atoms with van der Waals surface area (Å²) in [6.07, 6.45) is -2.86. The summed E-state index contributed by atoms with van der Waals surface area (Å²) in [6.45, 7) is 5.56. The Morgan fingerprint density at radius 1 is 1.15 bits per heavy atom. The molecular weight excluding hydrogens is 713 g/mol. The first-order valence-electron chi connectivity index (χ1n) is 17.3. The van der Waals surface area contributed by atoms with Crippen LogP contribution in [-0.2, 0) is 37.0 Å². The Kier molecular flexibility index (Phi) is 9.76. The summed E-state index contributed by atoms with van der Waals surface area (Å²) in [4.78, 5) is 27.8. The van der Waals surface area contributed by atoms with E-state index in [0.29, 0.717) is 68.0 Å². The van der Waals surface area contributed by atoms with Crippen LogP contribution >= 0.6 is 11.6 Å². The number of hydrogen-bond acceptors (Lipinski definition) is 10. The van der Waals surface area contributed by atoms with Gasteiger partial charge in [-0.2, -0.15) is 28.2 Å². The van der Waals surface area contributed by atoms with Gasteiger partial charge in [0.15, 0.2) is 11.5 Å². The van der Waals surface area contributed by atoms with E-state index >= 15 is 4.39 Å². The van der Waals surface area contributed by atoms with Crippen LogP contribution in [0.15, 0.2) is 12.1 Å². The van der Waals surface area contributed by atoms with Gasteiger partial charge in [-0.25, -0.2) is 8.78 Å². The van der Waals surface area contributed by atoms with E-state index in [1.807, 2.05) is 11.8 Å². The Morgan fingerprint density at radius 3 is 2.62 bits per heavy atom. The minimum atomic E-state index is -4.82. The van der Waals surface area contributed by atoms with Gasteiger partial charge in [-0.3, -0.25) is 14.4 Å². The van der Waals surface area contributed by atoms with Gasteiger partial charge in [0.1, 0.15) is 12.0 Å². The fourth-order valence-corrected chi connectivity index (χ4v) is 8.16. The van der Waals surface area contributed by atoms with Gasteiger partial charge in [0.05, 0.1) is 54.0 Å². The predicted molar refractivity (Wildman–Crippen MR) is 181 cm³/mol. The molecule has 7 heterocycles. The van der Waals surface area contributed by atoms with Gasteiger partial charge in [0.25, 0.3) is 5.91 Å². The number of aromatic nitrogens is 4. The van der Waals surface area contributed by atoms with Crippen LogP contribution in [0.25, 0.3) is 0 Å². The molecule has 4 N–H and O–H groups in total. The van der Waals surface area contributed by atoms with Crippen LogP contribution in [0.1, 0.15) is 77.3 Å². The highest BCUT2D eigenvalue weighted by Crippen LogP contribution is 2.43. The average Bonchev–Trinajstić information content (AvgIpc) is 3.70. The summed E-state index contributed by atoms with van der Waals surface area (Å²) in [5, 5.41) is 4.73. The Labute approximate surface area is 302 Å². The molecule has 0 saturated carbocycles. The molecule has 12 nitrogen and oxygen atoms in total. The minimum Gasteiger partial charge on any atom is -0.467 e. The summed E-state index contributed by atoms with van der Waals surface area (Å²) < 4.78 is 82.0. The van der Waals surface area contributed by atoms with E-state index < -0.39 is 46.6 Å². The number of rotatable bonds is 4. The first kappa shape index (κ1) is 36.6. The zero-order valence-corrected chi connectivity index (χ0v) is 29.6. The molecule has 3 aromatic rings. The highest BCUT2D eigenvalue weighted by molar-refractivity contribution is 6.34. The van der Waals surface area contributed by atoms with Crippen LogP contribution in [0, 0.1) is 5.82 Å². The highest BCUT2D eigenvalue weighted by Gasteiger charge is 2.42. The Morgan fingerprint density at radius 2 is 1.92 bits per heavy atom. The zero-order valence-electron chi connectivity index (χ0n) is 28.9. The van der Waals surface area contributed by atoms with Gasteiger partial charge in [-0.15, -0.1) is 0 Å². The number of halogens is 6. The number of nitrogen functional groups attached to an aromatic ring is 1. The van der Waals surface area contributed by atoms with Crippen molar-refractivity contribution in [2.24, 2.45) is 5.73 Å². The smallest absolute Gasteiger partial charge is 0.416 e. The second-order valence-corrected chi connectivity index (χ2v) is 14.8. The van der Waals surface area contributed by atoms with Crippen molar-refractivity contribution < 1.29 is 36.2 Å². The lowest BCUT2D eigenvalue weighted by molar-refractivity contribution is -0.140. The molecule has 3 atom stereocenters. The molecule has 5 aliphatic heterocycles. The summed E-state index contributed by atoms with van der Waals surface area (Å²) >= 11 is 6.72. The molecular formula is C34H41ClF5N9O3. The van der Waals surface area contributed by atoms with Crippen LogP contribution in [0.3, 0.4) is 0 Å². The van der Waals surface area contributed by atoms with E-state index in [9.17, 15) is 22.4 Å². The maximum atomic E-state index is 15.0. The zero-order chi connectivity index (χ0) is 37.1. The lowest BCUT2D eigenvalue weighted by Gasteiger charge is -2.45. The number of nitrogens with zero attached hydrogens (tertiary/aromatic N) is 7. The van der Waals surface area contributed by atoms with E-state index in [4.69, 9.17) is 32.5 Å². The molecule has 0 bridgehead atoms. The van der Waals surface area contributed by atoms with Gasteiger partial charge in [0.2, 0.25) is 0 Å². The number of ether oxygens (including phenoxy) is 2. The van der Waals surface area contributed by atoms with Crippen LogP contribution in [0.5, 0.6) is 6.01 Å². The Bertz CT molecular complexity index is 1840. The number of alkyl halides is 4. The van der Waals surface area contributed by atoms with Crippen molar-refractivity contribution in [2.45, 2.75) is 88.8 Å². The summed E-state index contributed by atoms with van der Waals surface area (Å²) in [5.41, 5.74) is 10.6. The molecule has 52 heavy (non-hydrogen) atoms. The molecule has 8 rings (SSSR count). The van der Waals surface area contributed by atoms with Crippen LogP contribution < -0.4 is 21.1 Å². The third kappa shape index (κ3) is 6.99. The standard InChI is InChI=1S/C27H29ClF4N8O3.C7H12FN/c1-26(34)11-39(12-26)24(41)22-20(28)17-9-38(6-3-7-40(17)37-22)23-13-10-43-18(8-16(13)35-25(36-23)42-2)19-14(27(30,31)32)4-5-15(33)21(19)29;8-6-4-7-2-1-3-9(7)5-6/h4-5,18H,3,6-12,33-34H2,1-2H3;6-7H,1-5H2. The molecule has 1 aromatic carbocycles. The number of carbonyl (C=O) groups excluding carboxylic acids is 1. The molecule has 3 unspecified atom stereocenters. The Balaban J connectivity index is 0.000000404. The maximum absolute atomic E-state index is 15.0. The summed E-state index contributed by atoms with van der Waals surface area (Å²) in [6, 6.07) is 2.23. The quantitative estimate of drug-likeness (QED) is 0.286. The minimum absolute atomic E-state index is 0.0131. The van der Waals surface area contributed by atoms with Crippen molar-refractivity contribution in [1.29, 1.82) is 0 Å². The van der Waals surface area contributed by atoms with Crippen molar-refractivity contribution in [3.63, 3.8) is 0 Å². The molecule has 1 amide bonds. The van der Waals surface area contributed by atoms with Crippen molar-refractivity contribution in [3.05, 3.63) is 56.7 Å². The Hall–Kier alpha value is -3.80. The third-order valence-corrected chi connectivity index (χ3v) is 10.8. The number of methoxy groups -OCH3 is 1. The normalized spacial score (nSPS) is 23.9. The van der Waals surface area contributed by atoms with Crippen molar-refractivity contribution in [1.82, 2.24) is 29.5 Å². The van der Waals surface area contributed by atoms with Crippen LogP contribution in [0.4, 0.5) is 33.5 Å². The number of amides is 1. The topological polar surface area (TPSA) is 141 Å². The van der Waals surface area contributed by atoms with E-state index in [-0.39, 0.29) is 42.2 Å². The molecule has 5 aliphatic rings. The van der Waals surface area contributed by atoms with E-state index in [1.54, 1.807) is 9.58 Å². The van der Waals surface area contributed by atoms with Crippen LogP contribution in [-0.4, -0.2) is 93.0 Å². The molecule has 0 aliphatic carbocycles. The van der Waals surface area contributed by atoms with E-state index in [0.717, 1.165) is 25.1 Å². The fourth-order valence-electron chi connectivity index (χ4n) is 7.89. The highest BCUT2D eigenvalue weighted by atomic mass is 35.5. The third-order valence-electron chi connectivity index (χ3n) is 10.4. The molecule has 3 saturated heterocycles. The molecule has 3 fully saturated rings. The second-order valence-electron chi connectivity index (χ2n) is 14.4. The van der Waals surface area contributed by atoms with Gasteiger partial charge in [-0.1, -0.05) is 11.6 Å². The average molecular weight is 754 g/mol. The van der Waals surface area contributed by atoms with Crippen molar-refractivity contribution in [3.8, 4) is 6.01 Å². The second kappa shape index (κ2) is 13.9. The number of nitrogens with two attached hydrogens (primary N) is 2. The summed E-state index contributed by atoms with van der Waals surface area (Å²) in [5.74, 6) is -1.04. The molecule has 0 radical (unpaired) electrons. The number of fused-ring (bicyclic) bond motifs is 3. The lowest BCUT2D eigenvalue weighted by atomic mass is 9.93. The number of carbonyl (C=O) groups is 1. The molecule has 0 spiro atoms. The number of benzene rings is 1. The number of likely N-dealkylation sites (tertiary alicyclic amines) is 1. The first-order chi connectivity index (χ1) is 24.6. The number of hydrogen-bond donors (Lipinski definition) is 2. The first-order valence-corrected chi connectivity index (χ1v) is 17.7. The van der Waals surface area contributed by atoms with E-state index in [2.05, 4.69) is 20.0 Å². The molecule has 2 aromatic heterocycles. The SMILES string of the molecule is COc1nc2c(c(N3CCCn4nc(C(=O)N5CC(C)(N)C5)c(Cl)c4C3)n1)COC(c1c(C(F)(F)F)ccc(N)c1F)C2.FC1CC2CCCN2C1. The largest absolute Gasteiger partial charge is 0.467 e. The van der Waals surface area contributed by atoms with Crippen molar-refractivity contribution >= 4 is 29.0 Å². The van der Waals surface area contributed by atoms with Gasteiger partial charge in [-0.05, 0) is 51.3 Å². The van der Waals surface area contributed by atoms with E-state index in [1.165, 1.54) is 20.0 Å². The van der Waals surface area contributed by atoms with Crippen molar-refractivity contribution in [2.75, 3.05) is 50.5 Å². The van der Waals surface area contributed by atoms with Gasteiger partial charge in [0, 0.05) is 61.9 Å². The van der Waals surface area contributed by atoms with Crippen LogP contribution in [0.2, 0.25) is 5.02 Å². The molecule has 18 heteroatoms. The predicted octanol–water partition coefficient (Wildman–Crippen LogP) is 4.67. The maximum Gasteiger partial charge on any atom is 0.416 e. The molecule has 282 valence electrons. The van der Waals surface area contributed by atoms with Gasteiger partial charge >= 0.3 is 12.2 Å². The summed E-state index contributed by atoms with van der Waals surface area (Å²) in [7, 11) is 1.37. The van der Waals surface area contributed by atoms with Gasteiger partial charge < -0.3 is 30.7 Å². The number of anilines is 2. The number of aryl methyl sites for hydroxylation is 1.